The summed E-state index contributed by atoms with van der Waals surface area (Å²) in [6, 6.07) is 9.44. The largest absolute Gasteiger partial charge is 0.496 e. The number of ether oxygens (including phenoxy) is 2. The van der Waals surface area contributed by atoms with Crippen molar-refractivity contribution in [1.29, 1.82) is 0 Å². The molecular weight excluding hydrogens is 435 g/mol. The van der Waals surface area contributed by atoms with E-state index in [1.165, 1.54) is 23.5 Å². The van der Waals surface area contributed by atoms with Gasteiger partial charge in [-0.1, -0.05) is 35.6 Å². The summed E-state index contributed by atoms with van der Waals surface area (Å²) in [4.78, 5) is 5.74. The summed E-state index contributed by atoms with van der Waals surface area (Å²) in [6.07, 6.45) is 0. The van der Waals surface area contributed by atoms with Crippen molar-refractivity contribution in [3.05, 3.63) is 68.2 Å². The second-order valence-corrected chi connectivity index (χ2v) is 8.73. The second kappa shape index (κ2) is 10.3. The van der Waals surface area contributed by atoms with Crippen molar-refractivity contribution >= 4 is 22.9 Å². The molecule has 0 radical (unpaired) electrons. The first-order valence-corrected chi connectivity index (χ1v) is 10.9. The molecule has 7 heteroatoms. The molecule has 2 N–H and O–H groups in total. The number of nitrogens with two attached hydrogens (primary N) is 1. The maximum Gasteiger partial charge on any atom is 0.123 e. The van der Waals surface area contributed by atoms with Crippen molar-refractivity contribution in [1.82, 2.24) is 4.98 Å². The van der Waals surface area contributed by atoms with E-state index in [9.17, 15) is 4.39 Å². The highest BCUT2D eigenvalue weighted by molar-refractivity contribution is 7.12. The maximum atomic E-state index is 13.2. The van der Waals surface area contributed by atoms with E-state index in [2.05, 4.69) is 11.8 Å². The molecule has 0 saturated heterocycles. The topological polar surface area (TPSA) is 57.4 Å². The van der Waals surface area contributed by atoms with Crippen molar-refractivity contribution in [3.63, 3.8) is 0 Å². The van der Waals surface area contributed by atoms with Crippen LogP contribution in [0, 0.1) is 31.5 Å². The van der Waals surface area contributed by atoms with Crippen LogP contribution in [-0.2, 0) is 4.74 Å². The molecule has 3 rings (SSSR count). The minimum atomic E-state index is -0.560. The lowest BCUT2D eigenvalue weighted by atomic mass is 10.00. The van der Waals surface area contributed by atoms with Crippen LogP contribution in [0.1, 0.15) is 33.0 Å². The Morgan fingerprint density at radius 1 is 1.16 bits per heavy atom. The van der Waals surface area contributed by atoms with Gasteiger partial charge >= 0.3 is 0 Å². The van der Waals surface area contributed by atoms with E-state index in [1.54, 1.807) is 32.4 Å². The molecule has 2 aromatic carbocycles. The first-order chi connectivity index (χ1) is 14.8. The Labute approximate surface area is 191 Å². The number of rotatable bonds is 6. The van der Waals surface area contributed by atoms with Gasteiger partial charge in [0.2, 0.25) is 0 Å². The summed E-state index contributed by atoms with van der Waals surface area (Å²) in [5.74, 6) is 6.47. The molecule has 0 amide bonds. The fraction of sp³-hybridized carbons (Fsp3) is 0.292. The van der Waals surface area contributed by atoms with Crippen LogP contribution in [0.5, 0.6) is 5.75 Å². The van der Waals surface area contributed by atoms with Gasteiger partial charge in [-0.3, -0.25) is 0 Å². The lowest BCUT2D eigenvalue weighted by Gasteiger charge is -2.10. The average Bonchev–Trinajstić information content (AvgIpc) is 3.14. The average molecular weight is 459 g/mol. The monoisotopic (exact) mass is 458 g/mol. The lowest BCUT2D eigenvalue weighted by molar-refractivity contribution is 0.193. The predicted molar refractivity (Wildman–Crippen MR) is 124 cm³/mol. The van der Waals surface area contributed by atoms with Crippen LogP contribution >= 0.6 is 22.9 Å². The zero-order valence-electron chi connectivity index (χ0n) is 17.8. The van der Waals surface area contributed by atoms with Gasteiger partial charge in [0, 0.05) is 17.6 Å². The van der Waals surface area contributed by atoms with Crippen LogP contribution < -0.4 is 10.5 Å². The third-order valence-electron chi connectivity index (χ3n) is 4.84. The Hall–Kier alpha value is -2.43. The van der Waals surface area contributed by atoms with Gasteiger partial charge in [0.25, 0.3) is 0 Å². The molecule has 1 heterocycles. The molecular formula is C24H24ClFN2O2S. The first-order valence-electron chi connectivity index (χ1n) is 9.67. The minimum Gasteiger partial charge on any atom is -0.496 e. The van der Waals surface area contributed by atoms with Crippen LogP contribution in [-0.4, -0.2) is 25.8 Å². The molecule has 0 saturated carbocycles. The summed E-state index contributed by atoms with van der Waals surface area (Å²) < 4.78 is 23.8. The van der Waals surface area contributed by atoms with Crippen molar-refractivity contribution < 1.29 is 13.9 Å². The summed E-state index contributed by atoms with van der Waals surface area (Å²) in [5, 5.41) is 1.28. The van der Waals surface area contributed by atoms with E-state index in [0.29, 0.717) is 16.6 Å². The number of aromatic nitrogens is 1. The molecule has 31 heavy (non-hydrogen) atoms. The van der Waals surface area contributed by atoms with Gasteiger partial charge < -0.3 is 15.2 Å². The first kappa shape index (κ1) is 23.2. The van der Waals surface area contributed by atoms with E-state index in [1.807, 2.05) is 19.9 Å². The van der Waals surface area contributed by atoms with E-state index in [0.717, 1.165) is 33.0 Å². The standard InChI is InChI=1S/C24H24ClFN2O2S/c1-14-11-19(20(25)12-22(14)30-4)23-15(2)31-24(28-23)21(27)10-7-17(13-29-3)16-5-8-18(26)9-6-16/h5-6,8-9,11-12,17,21H,13,27H2,1-4H3/t17-,21?/m1/s1. The van der Waals surface area contributed by atoms with Gasteiger partial charge in [0.15, 0.2) is 0 Å². The highest BCUT2D eigenvalue weighted by Crippen LogP contribution is 2.37. The van der Waals surface area contributed by atoms with Crippen LogP contribution in [0.3, 0.4) is 0 Å². The molecule has 162 valence electrons. The Kier molecular flexibility index (Phi) is 7.69. The number of hydrogen-bond donors (Lipinski definition) is 1. The third kappa shape index (κ3) is 5.44. The Bertz CT molecular complexity index is 1120. The predicted octanol–water partition coefficient (Wildman–Crippen LogP) is 5.66. The number of nitrogens with zero attached hydrogens (tertiary/aromatic N) is 1. The van der Waals surface area contributed by atoms with E-state index < -0.39 is 6.04 Å². The van der Waals surface area contributed by atoms with Crippen LogP contribution in [0.2, 0.25) is 5.02 Å². The molecule has 1 aromatic heterocycles. The number of aryl methyl sites for hydroxylation is 2. The molecule has 0 spiro atoms. The van der Waals surface area contributed by atoms with Crippen molar-refractivity contribution in [2.45, 2.75) is 25.8 Å². The fourth-order valence-electron chi connectivity index (χ4n) is 3.20. The Balaban J connectivity index is 1.88. The second-order valence-electron chi connectivity index (χ2n) is 7.08. The lowest BCUT2D eigenvalue weighted by Crippen LogP contribution is -2.09. The summed E-state index contributed by atoms with van der Waals surface area (Å²) in [5.41, 5.74) is 9.81. The quantitative estimate of drug-likeness (QED) is 0.484. The zero-order valence-corrected chi connectivity index (χ0v) is 19.4. The fourth-order valence-corrected chi connectivity index (χ4v) is 4.33. The number of hydrogen-bond acceptors (Lipinski definition) is 5. The maximum absolute atomic E-state index is 13.2. The highest BCUT2D eigenvalue weighted by atomic mass is 35.5. The van der Waals surface area contributed by atoms with Crippen molar-refractivity contribution in [2.75, 3.05) is 20.8 Å². The number of thiazole rings is 1. The number of methoxy groups -OCH3 is 2. The molecule has 0 aliphatic carbocycles. The van der Waals surface area contributed by atoms with Gasteiger partial charge in [0.05, 0.1) is 30.4 Å². The van der Waals surface area contributed by atoms with Crippen LogP contribution in [0.25, 0.3) is 11.3 Å². The molecule has 0 fully saturated rings. The van der Waals surface area contributed by atoms with Gasteiger partial charge in [-0.25, -0.2) is 9.37 Å². The van der Waals surface area contributed by atoms with Gasteiger partial charge in [-0.2, -0.15) is 0 Å². The Morgan fingerprint density at radius 3 is 2.52 bits per heavy atom. The molecule has 0 aliphatic heterocycles. The number of halogens is 2. The van der Waals surface area contributed by atoms with E-state index >= 15 is 0 Å². The molecule has 2 atom stereocenters. The van der Waals surface area contributed by atoms with Crippen molar-refractivity contribution in [3.8, 4) is 28.8 Å². The van der Waals surface area contributed by atoms with Gasteiger partial charge in [-0.15, -0.1) is 11.3 Å². The smallest absolute Gasteiger partial charge is 0.123 e. The normalized spacial score (nSPS) is 12.7. The summed E-state index contributed by atoms with van der Waals surface area (Å²) in [7, 11) is 3.22. The van der Waals surface area contributed by atoms with Gasteiger partial charge in [-0.05, 0) is 49.2 Å². The molecule has 3 aromatic rings. The highest BCUT2D eigenvalue weighted by Gasteiger charge is 2.18. The van der Waals surface area contributed by atoms with E-state index in [4.69, 9.17) is 31.8 Å². The van der Waals surface area contributed by atoms with E-state index in [-0.39, 0.29) is 11.7 Å². The van der Waals surface area contributed by atoms with Crippen LogP contribution in [0.4, 0.5) is 4.39 Å². The molecule has 0 aliphatic rings. The minimum absolute atomic E-state index is 0.212. The zero-order chi connectivity index (χ0) is 22.5. The third-order valence-corrected chi connectivity index (χ3v) is 6.20. The SMILES string of the molecule is COC[C@@H](C#CC(N)c1nc(-c2cc(C)c(OC)cc2Cl)c(C)s1)c1ccc(F)cc1. The molecule has 4 nitrogen and oxygen atoms in total. The number of benzene rings is 2. The summed E-state index contributed by atoms with van der Waals surface area (Å²) in [6.45, 7) is 4.33. The Morgan fingerprint density at radius 2 is 1.87 bits per heavy atom. The summed E-state index contributed by atoms with van der Waals surface area (Å²) >= 11 is 7.97. The molecule has 1 unspecified atom stereocenters. The van der Waals surface area contributed by atoms with Gasteiger partial charge in [0.1, 0.15) is 22.6 Å². The van der Waals surface area contributed by atoms with Crippen LogP contribution in [0.15, 0.2) is 36.4 Å². The van der Waals surface area contributed by atoms with Crippen molar-refractivity contribution in [2.24, 2.45) is 5.73 Å². The molecule has 0 bridgehead atoms.